The van der Waals surface area contributed by atoms with Gasteiger partial charge in [0.1, 0.15) is 0 Å². The second-order valence-electron chi connectivity index (χ2n) is 4.37. The van der Waals surface area contributed by atoms with Crippen LogP contribution in [-0.4, -0.2) is 30.1 Å². The average Bonchev–Trinajstić information content (AvgIpc) is 3.05. The maximum Gasteiger partial charge on any atom is 0.287 e. The first-order valence-corrected chi connectivity index (χ1v) is 6.47. The van der Waals surface area contributed by atoms with E-state index in [-0.39, 0.29) is 18.9 Å². The Balaban J connectivity index is 1.85. The third-order valence-corrected chi connectivity index (χ3v) is 2.87. The van der Waals surface area contributed by atoms with E-state index in [1.54, 1.807) is 6.07 Å². The molecule has 0 unspecified atom stereocenters. The van der Waals surface area contributed by atoms with Gasteiger partial charge in [0.25, 0.3) is 5.91 Å². The lowest BCUT2D eigenvalue weighted by Crippen LogP contribution is -2.39. The minimum atomic E-state index is -0.501. The Morgan fingerprint density at radius 2 is 1.90 bits per heavy atom. The second kappa shape index (κ2) is 7.25. The summed E-state index contributed by atoms with van der Waals surface area (Å²) in [5.74, 6) is -0.710. The van der Waals surface area contributed by atoms with Crippen molar-refractivity contribution in [2.45, 2.75) is 6.04 Å². The Labute approximate surface area is 121 Å². The van der Waals surface area contributed by atoms with Crippen LogP contribution in [0.2, 0.25) is 0 Å². The zero-order valence-electron chi connectivity index (χ0n) is 11.3. The number of benzene rings is 1. The molecule has 6 heteroatoms. The van der Waals surface area contributed by atoms with Gasteiger partial charge in [-0.05, 0) is 17.7 Å². The predicted molar refractivity (Wildman–Crippen MR) is 75.5 cm³/mol. The largest absolute Gasteiger partial charge is 0.459 e. The fourth-order valence-corrected chi connectivity index (χ4v) is 1.82. The van der Waals surface area contributed by atoms with Crippen LogP contribution in [0, 0.1) is 0 Å². The Morgan fingerprint density at radius 1 is 1.14 bits per heavy atom. The molecule has 1 heterocycles. The van der Waals surface area contributed by atoms with Gasteiger partial charge in [0.15, 0.2) is 5.76 Å². The van der Waals surface area contributed by atoms with Gasteiger partial charge in [0, 0.05) is 0 Å². The molecule has 0 aliphatic carbocycles. The molecule has 0 spiro atoms. The molecule has 2 amide bonds. The summed E-state index contributed by atoms with van der Waals surface area (Å²) in [6.07, 6.45) is 1.38. The first kappa shape index (κ1) is 14.8. The van der Waals surface area contributed by atoms with Gasteiger partial charge in [-0.1, -0.05) is 30.3 Å². The van der Waals surface area contributed by atoms with Crippen molar-refractivity contribution in [3.8, 4) is 0 Å². The van der Waals surface area contributed by atoms with Crippen LogP contribution in [0.25, 0.3) is 0 Å². The quantitative estimate of drug-likeness (QED) is 0.735. The molecule has 0 aliphatic heterocycles. The highest BCUT2D eigenvalue weighted by atomic mass is 16.3. The Kier molecular flexibility index (Phi) is 5.11. The van der Waals surface area contributed by atoms with Crippen molar-refractivity contribution in [1.29, 1.82) is 0 Å². The Bertz CT molecular complexity index is 581. The summed E-state index contributed by atoms with van der Waals surface area (Å²) < 4.78 is 4.92. The number of nitrogens with one attached hydrogen (secondary N) is 2. The fraction of sp³-hybridized carbons (Fsp3) is 0.200. The molecule has 0 saturated heterocycles. The summed E-state index contributed by atoms with van der Waals surface area (Å²) in [6, 6.07) is 11.7. The van der Waals surface area contributed by atoms with Crippen molar-refractivity contribution in [3.63, 3.8) is 0 Å². The summed E-state index contributed by atoms with van der Waals surface area (Å²) in [7, 11) is 0. The van der Waals surface area contributed by atoms with E-state index in [0.717, 1.165) is 5.56 Å². The van der Waals surface area contributed by atoms with Gasteiger partial charge in [-0.25, -0.2) is 0 Å². The topological polar surface area (TPSA) is 91.6 Å². The number of furan rings is 1. The lowest BCUT2D eigenvalue weighted by atomic mass is 10.1. The molecule has 1 aromatic heterocycles. The molecule has 21 heavy (non-hydrogen) atoms. The van der Waals surface area contributed by atoms with Crippen molar-refractivity contribution in [3.05, 3.63) is 60.1 Å². The smallest absolute Gasteiger partial charge is 0.287 e. The second-order valence-corrected chi connectivity index (χ2v) is 4.37. The molecule has 0 aliphatic rings. The summed E-state index contributed by atoms with van der Waals surface area (Å²) in [5, 5.41) is 14.4. The maximum atomic E-state index is 11.8. The Hall–Kier alpha value is -2.60. The van der Waals surface area contributed by atoms with E-state index in [9.17, 15) is 14.7 Å². The van der Waals surface area contributed by atoms with E-state index in [2.05, 4.69) is 10.6 Å². The van der Waals surface area contributed by atoms with Gasteiger partial charge in [-0.3, -0.25) is 9.59 Å². The maximum absolute atomic E-state index is 11.8. The molecule has 1 atom stereocenters. The summed E-state index contributed by atoms with van der Waals surface area (Å²) >= 11 is 0. The van der Waals surface area contributed by atoms with Crippen LogP contribution >= 0.6 is 0 Å². The molecular weight excluding hydrogens is 272 g/mol. The van der Waals surface area contributed by atoms with Crippen LogP contribution < -0.4 is 10.6 Å². The first-order chi connectivity index (χ1) is 10.2. The molecule has 0 fully saturated rings. The molecule has 2 aromatic rings. The summed E-state index contributed by atoms with van der Waals surface area (Å²) in [4.78, 5) is 23.4. The standard InChI is InChI=1S/C15H16N2O4/c18-10-12(11-5-2-1-3-6-11)17-14(19)9-16-15(20)13-7-4-8-21-13/h1-8,12,18H,9-10H2,(H,16,20)(H,17,19)/t12-/m0/s1. The van der Waals surface area contributed by atoms with E-state index in [4.69, 9.17) is 4.42 Å². The lowest BCUT2D eigenvalue weighted by molar-refractivity contribution is -0.121. The van der Waals surface area contributed by atoms with Gasteiger partial charge in [0.05, 0.1) is 25.5 Å². The van der Waals surface area contributed by atoms with Gasteiger partial charge >= 0.3 is 0 Å². The van der Waals surface area contributed by atoms with Crippen molar-refractivity contribution < 1.29 is 19.1 Å². The molecule has 3 N–H and O–H groups in total. The van der Waals surface area contributed by atoms with Crippen LogP contribution in [0.5, 0.6) is 0 Å². The lowest BCUT2D eigenvalue weighted by Gasteiger charge is -2.16. The molecule has 0 saturated carbocycles. The molecule has 0 bridgehead atoms. The number of carbonyl (C=O) groups excluding carboxylic acids is 2. The highest BCUT2D eigenvalue weighted by molar-refractivity contribution is 5.94. The SMILES string of the molecule is O=C(CNC(=O)c1ccco1)N[C@@H](CO)c1ccccc1. The van der Waals surface area contributed by atoms with Crippen LogP contribution in [0.1, 0.15) is 22.2 Å². The molecule has 1 aromatic carbocycles. The van der Waals surface area contributed by atoms with E-state index >= 15 is 0 Å². The third-order valence-electron chi connectivity index (χ3n) is 2.87. The number of amides is 2. The van der Waals surface area contributed by atoms with Crippen LogP contribution in [0.3, 0.4) is 0 Å². The predicted octanol–water partition coefficient (Wildman–Crippen LogP) is 0.859. The fourth-order valence-electron chi connectivity index (χ4n) is 1.82. The van der Waals surface area contributed by atoms with Crippen LogP contribution in [0.4, 0.5) is 0 Å². The number of rotatable bonds is 6. The zero-order chi connectivity index (χ0) is 15.1. The number of aliphatic hydroxyl groups is 1. The Morgan fingerprint density at radius 3 is 2.52 bits per heavy atom. The average molecular weight is 288 g/mol. The summed E-state index contributed by atoms with van der Waals surface area (Å²) in [6.45, 7) is -0.412. The summed E-state index contributed by atoms with van der Waals surface area (Å²) in [5.41, 5.74) is 0.797. The monoisotopic (exact) mass is 288 g/mol. The van der Waals surface area contributed by atoms with E-state index < -0.39 is 17.9 Å². The van der Waals surface area contributed by atoms with E-state index in [1.807, 2.05) is 30.3 Å². The van der Waals surface area contributed by atoms with Gasteiger partial charge < -0.3 is 20.2 Å². The van der Waals surface area contributed by atoms with Gasteiger partial charge in [-0.2, -0.15) is 0 Å². The van der Waals surface area contributed by atoms with Gasteiger partial charge in [-0.15, -0.1) is 0 Å². The normalized spacial score (nSPS) is 11.7. The van der Waals surface area contributed by atoms with Crippen LogP contribution in [0.15, 0.2) is 53.1 Å². The van der Waals surface area contributed by atoms with Crippen molar-refractivity contribution in [2.24, 2.45) is 0 Å². The van der Waals surface area contributed by atoms with Gasteiger partial charge in [0.2, 0.25) is 5.91 Å². The highest BCUT2D eigenvalue weighted by Crippen LogP contribution is 2.11. The highest BCUT2D eigenvalue weighted by Gasteiger charge is 2.15. The minimum Gasteiger partial charge on any atom is -0.459 e. The molecule has 2 rings (SSSR count). The van der Waals surface area contributed by atoms with Crippen LogP contribution in [-0.2, 0) is 4.79 Å². The number of hydrogen-bond donors (Lipinski definition) is 3. The van der Waals surface area contributed by atoms with Crippen molar-refractivity contribution >= 4 is 11.8 Å². The van der Waals surface area contributed by atoms with Crippen molar-refractivity contribution in [1.82, 2.24) is 10.6 Å². The number of carbonyl (C=O) groups is 2. The zero-order valence-corrected chi connectivity index (χ0v) is 11.3. The minimum absolute atomic E-state index is 0.143. The molecule has 6 nitrogen and oxygen atoms in total. The van der Waals surface area contributed by atoms with E-state index in [1.165, 1.54) is 12.3 Å². The number of aliphatic hydroxyl groups excluding tert-OH is 1. The molecular formula is C15H16N2O4. The first-order valence-electron chi connectivity index (χ1n) is 6.47. The molecule has 0 radical (unpaired) electrons. The van der Waals surface area contributed by atoms with E-state index in [0.29, 0.717) is 0 Å². The third kappa shape index (κ3) is 4.19. The number of hydrogen-bond acceptors (Lipinski definition) is 4. The van der Waals surface area contributed by atoms with Crippen molar-refractivity contribution in [2.75, 3.05) is 13.2 Å². The molecule has 110 valence electrons.